The summed E-state index contributed by atoms with van der Waals surface area (Å²) < 4.78 is 10.0. The van der Waals surface area contributed by atoms with Crippen molar-refractivity contribution >= 4 is 18.3 Å². The van der Waals surface area contributed by atoms with Gasteiger partial charge in [-0.1, -0.05) is 12.1 Å². The van der Waals surface area contributed by atoms with Crippen molar-refractivity contribution in [2.75, 3.05) is 20.2 Å². The van der Waals surface area contributed by atoms with Gasteiger partial charge in [0.15, 0.2) is 11.5 Å². The van der Waals surface area contributed by atoms with Crippen LogP contribution in [0.25, 0.3) is 0 Å². The first-order valence-electron chi connectivity index (χ1n) is 6.63. The summed E-state index contributed by atoms with van der Waals surface area (Å²) in [4.78, 5) is 14.3. The minimum absolute atomic E-state index is 0. The maximum Gasteiger partial charge on any atom is 0.276 e. The standard InChI is InChI=1S/C13H21N3O3.ClH/c1-9-4-3-5-16(12(9)7-14)13(17)11-6-10(8-18-2)19-15-11;/h6,9,12H,3-5,7-8,14H2,1-2H3;1H. The minimum atomic E-state index is -0.104. The highest BCUT2D eigenvalue weighted by molar-refractivity contribution is 5.92. The number of hydrogen-bond donors (Lipinski definition) is 1. The van der Waals surface area contributed by atoms with E-state index in [-0.39, 0.29) is 24.4 Å². The number of aromatic nitrogens is 1. The lowest BCUT2D eigenvalue weighted by Crippen LogP contribution is -2.51. The second kappa shape index (κ2) is 7.61. The molecule has 1 aliphatic rings. The number of piperidine rings is 1. The average Bonchev–Trinajstić information content (AvgIpc) is 2.86. The SMILES string of the molecule is COCc1cc(C(=O)N2CCCC(C)C2CN)no1.Cl. The highest BCUT2D eigenvalue weighted by atomic mass is 35.5. The summed E-state index contributed by atoms with van der Waals surface area (Å²) in [5.41, 5.74) is 6.13. The van der Waals surface area contributed by atoms with E-state index in [2.05, 4.69) is 12.1 Å². The van der Waals surface area contributed by atoms with E-state index in [0.29, 0.717) is 30.5 Å². The molecule has 1 saturated heterocycles. The fourth-order valence-corrected chi connectivity index (χ4v) is 2.63. The van der Waals surface area contributed by atoms with Crippen LogP contribution in [0.3, 0.4) is 0 Å². The topological polar surface area (TPSA) is 81.6 Å². The molecule has 0 aromatic carbocycles. The molecule has 2 heterocycles. The molecule has 1 aromatic heterocycles. The number of carbonyl (C=O) groups is 1. The molecule has 1 fully saturated rings. The molecule has 1 amide bonds. The van der Waals surface area contributed by atoms with Crippen LogP contribution in [0, 0.1) is 5.92 Å². The van der Waals surface area contributed by atoms with Gasteiger partial charge in [-0.05, 0) is 18.8 Å². The molecule has 2 N–H and O–H groups in total. The molecule has 0 bridgehead atoms. The predicted molar refractivity (Wildman–Crippen MR) is 76.7 cm³/mol. The maximum absolute atomic E-state index is 12.4. The molecule has 114 valence electrons. The number of halogens is 1. The zero-order valence-electron chi connectivity index (χ0n) is 11.9. The van der Waals surface area contributed by atoms with E-state index in [9.17, 15) is 4.79 Å². The molecule has 20 heavy (non-hydrogen) atoms. The number of amides is 1. The van der Waals surface area contributed by atoms with Crippen molar-refractivity contribution in [1.29, 1.82) is 0 Å². The number of rotatable bonds is 4. The fraction of sp³-hybridized carbons (Fsp3) is 0.692. The van der Waals surface area contributed by atoms with Gasteiger partial charge in [-0.15, -0.1) is 12.4 Å². The molecular formula is C13H22ClN3O3. The van der Waals surface area contributed by atoms with Crippen LogP contribution in [0.4, 0.5) is 0 Å². The quantitative estimate of drug-likeness (QED) is 0.910. The Labute approximate surface area is 125 Å². The van der Waals surface area contributed by atoms with Gasteiger partial charge in [0.25, 0.3) is 5.91 Å². The van der Waals surface area contributed by atoms with E-state index in [0.717, 1.165) is 19.4 Å². The van der Waals surface area contributed by atoms with Crippen molar-refractivity contribution in [2.24, 2.45) is 11.7 Å². The first kappa shape index (κ1) is 16.9. The first-order valence-corrected chi connectivity index (χ1v) is 6.63. The third-order valence-electron chi connectivity index (χ3n) is 3.68. The molecule has 0 saturated carbocycles. The number of hydrogen-bond acceptors (Lipinski definition) is 5. The smallest absolute Gasteiger partial charge is 0.276 e. The normalized spacial score (nSPS) is 22.4. The zero-order valence-corrected chi connectivity index (χ0v) is 12.7. The third-order valence-corrected chi connectivity index (χ3v) is 3.68. The van der Waals surface area contributed by atoms with Gasteiger partial charge in [-0.2, -0.15) is 0 Å². The number of methoxy groups -OCH3 is 1. The van der Waals surface area contributed by atoms with Gasteiger partial charge in [0.2, 0.25) is 0 Å². The van der Waals surface area contributed by atoms with E-state index in [1.54, 1.807) is 13.2 Å². The fourth-order valence-electron chi connectivity index (χ4n) is 2.63. The summed E-state index contributed by atoms with van der Waals surface area (Å²) in [6.07, 6.45) is 2.12. The maximum atomic E-state index is 12.4. The molecule has 1 aliphatic heterocycles. The molecule has 0 aliphatic carbocycles. The van der Waals surface area contributed by atoms with Crippen LogP contribution in [0.15, 0.2) is 10.6 Å². The van der Waals surface area contributed by atoms with Gasteiger partial charge in [-0.3, -0.25) is 4.79 Å². The molecule has 1 aromatic rings. The van der Waals surface area contributed by atoms with Crippen LogP contribution in [-0.4, -0.2) is 42.2 Å². The van der Waals surface area contributed by atoms with Crippen molar-refractivity contribution in [3.63, 3.8) is 0 Å². The van der Waals surface area contributed by atoms with Crippen LogP contribution in [0.5, 0.6) is 0 Å². The average molecular weight is 304 g/mol. The highest BCUT2D eigenvalue weighted by Gasteiger charge is 2.32. The lowest BCUT2D eigenvalue weighted by atomic mass is 9.90. The highest BCUT2D eigenvalue weighted by Crippen LogP contribution is 2.24. The summed E-state index contributed by atoms with van der Waals surface area (Å²) in [7, 11) is 1.57. The monoisotopic (exact) mass is 303 g/mol. The van der Waals surface area contributed by atoms with Crippen molar-refractivity contribution in [3.8, 4) is 0 Å². The number of ether oxygens (including phenoxy) is 1. The van der Waals surface area contributed by atoms with Crippen molar-refractivity contribution in [2.45, 2.75) is 32.4 Å². The largest absolute Gasteiger partial charge is 0.377 e. The predicted octanol–water partition coefficient (Wildman–Crippen LogP) is 1.44. The van der Waals surface area contributed by atoms with E-state index in [4.69, 9.17) is 15.0 Å². The Morgan fingerprint density at radius 3 is 3.05 bits per heavy atom. The summed E-state index contributed by atoms with van der Waals surface area (Å²) in [6.45, 7) is 3.67. The summed E-state index contributed by atoms with van der Waals surface area (Å²) in [6, 6.07) is 1.72. The molecule has 2 unspecified atom stereocenters. The molecule has 2 rings (SSSR count). The molecule has 7 heteroatoms. The van der Waals surface area contributed by atoms with Gasteiger partial charge in [0, 0.05) is 32.3 Å². The van der Waals surface area contributed by atoms with Crippen LogP contribution in [-0.2, 0) is 11.3 Å². The van der Waals surface area contributed by atoms with Crippen LogP contribution < -0.4 is 5.73 Å². The Morgan fingerprint density at radius 2 is 2.40 bits per heavy atom. The van der Waals surface area contributed by atoms with Gasteiger partial charge in [0.05, 0.1) is 0 Å². The van der Waals surface area contributed by atoms with Crippen molar-refractivity contribution in [3.05, 3.63) is 17.5 Å². The second-order valence-corrected chi connectivity index (χ2v) is 5.03. The molecule has 0 spiro atoms. The summed E-state index contributed by atoms with van der Waals surface area (Å²) in [5, 5.41) is 3.82. The van der Waals surface area contributed by atoms with Crippen LogP contribution in [0.1, 0.15) is 36.0 Å². The van der Waals surface area contributed by atoms with Gasteiger partial charge < -0.3 is 19.9 Å². The summed E-state index contributed by atoms with van der Waals surface area (Å²) in [5.74, 6) is 0.876. The van der Waals surface area contributed by atoms with Crippen molar-refractivity contribution < 1.29 is 14.1 Å². The Bertz CT molecular complexity index is 438. The van der Waals surface area contributed by atoms with Gasteiger partial charge >= 0.3 is 0 Å². The zero-order chi connectivity index (χ0) is 13.8. The Balaban J connectivity index is 0.00000200. The third kappa shape index (κ3) is 3.50. The molecule has 6 nitrogen and oxygen atoms in total. The summed E-state index contributed by atoms with van der Waals surface area (Å²) >= 11 is 0. The van der Waals surface area contributed by atoms with Crippen LogP contribution in [0.2, 0.25) is 0 Å². The minimum Gasteiger partial charge on any atom is -0.377 e. The van der Waals surface area contributed by atoms with E-state index in [1.165, 1.54) is 0 Å². The van der Waals surface area contributed by atoms with Gasteiger partial charge in [0.1, 0.15) is 6.61 Å². The Hall–Kier alpha value is -1.11. The number of nitrogens with two attached hydrogens (primary N) is 1. The van der Waals surface area contributed by atoms with Gasteiger partial charge in [-0.25, -0.2) is 0 Å². The number of carbonyl (C=O) groups excluding carboxylic acids is 1. The van der Waals surface area contributed by atoms with Crippen molar-refractivity contribution in [1.82, 2.24) is 10.1 Å². The van der Waals surface area contributed by atoms with E-state index in [1.807, 2.05) is 4.90 Å². The Morgan fingerprint density at radius 1 is 1.65 bits per heavy atom. The lowest BCUT2D eigenvalue weighted by molar-refractivity contribution is 0.0522. The first-order chi connectivity index (χ1) is 9.17. The molecule has 0 radical (unpaired) electrons. The molecular weight excluding hydrogens is 282 g/mol. The number of nitrogens with zero attached hydrogens (tertiary/aromatic N) is 2. The molecule has 2 atom stereocenters. The Kier molecular flexibility index (Phi) is 6.45. The van der Waals surface area contributed by atoms with E-state index < -0.39 is 0 Å². The van der Waals surface area contributed by atoms with Crippen LogP contribution >= 0.6 is 12.4 Å². The second-order valence-electron chi connectivity index (χ2n) is 5.03. The van der Waals surface area contributed by atoms with E-state index >= 15 is 0 Å². The lowest BCUT2D eigenvalue weighted by Gasteiger charge is -2.39. The number of likely N-dealkylation sites (tertiary alicyclic amines) is 1.